The van der Waals surface area contributed by atoms with Gasteiger partial charge in [-0.05, 0) is 38.7 Å². The molecule has 98 valence electrons. The molecule has 0 saturated heterocycles. The van der Waals surface area contributed by atoms with Gasteiger partial charge in [-0.1, -0.05) is 19.3 Å². The highest BCUT2D eigenvalue weighted by Crippen LogP contribution is 2.38. The predicted molar refractivity (Wildman–Crippen MR) is 66.7 cm³/mol. The van der Waals surface area contributed by atoms with E-state index in [4.69, 9.17) is 9.47 Å². The Bertz CT molecular complexity index is 261. The topological polar surface area (TPSA) is 38.7 Å². The van der Waals surface area contributed by atoms with Crippen LogP contribution in [0.4, 0.5) is 0 Å². The molecule has 1 fully saturated rings. The van der Waals surface area contributed by atoms with Crippen molar-refractivity contribution in [1.82, 2.24) is 0 Å². The minimum absolute atomic E-state index is 0.393. The zero-order valence-corrected chi connectivity index (χ0v) is 10.8. The summed E-state index contributed by atoms with van der Waals surface area (Å²) in [6, 6.07) is 0. The fourth-order valence-corrected chi connectivity index (χ4v) is 2.96. The number of ether oxygens (including phenoxy) is 2. The van der Waals surface area contributed by atoms with E-state index in [9.17, 15) is 5.11 Å². The van der Waals surface area contributed by atoms with E-state index in [1.807, 2.05) is 13.0 Å². The number of hydrogen-bond acceptors (Lipinski definition) is 3. The molecule has 0 aromatic heterocycles. The van der Waals surface area contributed by atoms with Gasteiger partial charge in [0, 0.05) is 6.61 Å². The molecule has 0 radical (unpaired) electrons. The first kappa shape index (κ1) is 12.9. The quantitative estimate of drug-likeness (QED) is 0.821. The molecule has 1 heterocycles. The summed E-state index contributed by atoms with van der Waals surface area (Å²) < 4.78 is 11.5. The molecule has 2 rings (SSSR count). The van der Waals surface area contributed by atoms with Crippen LogP contribution < -0.4 is 0 Å². The third-order valence-corrected chi connectivity index (χ3v) is 3.86. The van der Waals surface area contributed by atoms with Crippen molar-refractivity contribution in [3.05, 3.63) is 11.8 Å². The Labute approximate surface area is 104 Å². The SMILES string of the molecule is CCOC1(C(O)C2=CCCCO2)CCCCC1. The molecular weight excluding hydrogens is 216 g/mol. The summed E-state index contributed by atoms with van der Waals surface area (Å²) in [4.78, 5) is 0. The van der Waals surface area contributed by atoms with Crippen molar-refractivity contribution >= 4 is 0 Å². The van der Waals surface area contributed by atoms with E-state index in [0.717, 1.165) is 50.9 Å². The van der Waals surface area contributed by atoms with Crippen molar-refractivity contribution in [3.8, 4) is 0 Å². The van der Waals surface area contributed by atoms with E-state index < -0.39 is 11.7 Å². The number of hydrogen-bond donors (Lipinski definition) is 1. The third kappa shape index (κ3) is 2.83. The molecule has 17 heavy (non-hydrogen) atoms. The summed E-state index contributed by atoms with van der Waals surface area (Å²) >= 11 is 0. The highest BCUT2D eigenvalue weighted by atomic mass is 16.5. The van der Waals surface area contributed by atoms with E-state index in [2.05, 4.69) is 0 Å². The Morgan fingerprint density at radius 3 is 2.71 bits per heavy atom. The number of allylic oxidation sites excluding steroid dienone is 1. The number of aliphatic hydroxyl groups excluding tert-OH is 1. The van der Waals surface area contributed by atoms with Crippen molar-refractivity contribution in [2.24, 2.45) is 0 Å². The van der Waals surface area contributed by atoms with Gasteiger partial charge in [-0.25, -0.2) is 0 Å². The molecule has 0 aromatic rings. The average Bonchev–Trinajstić information content (AvgIpc) is 2.40. The zero-order valence-electron chi connectivity index (χ0n) is 10.8. The van der Waals surface area contributed by atoms with E-state index in [0.29, 0.717) is 6.61 Å². The first-order chi connectivity index (χ1) is 8.28. The van der Waals surface area contributed by atoms with Crippen LogP contribution >= 0.6 is 0 Å². The third-order valence-electron chi connectivity index (χ3n) is 3.86. The molecule has 3 heteroatoms. The minimum Gasteiger partial charge on any atom is -0.495 e. The molecule has 1 aliphatic carbocycles. The van der Waals surface area contributed by atoms with Crippen LogP contribution in [-0.4, -0.2) is 30.0 Å². The molecule has 2 aliphatic rings. The molecule has 0 aromatic carbocycles. The van der Waals surface area contributed by atoms with Gasteiger partial charge in [0.25, 0.3) is 0 Å². The summed E-state index contributed by atoms with van der Waals surface area (Å²) in [6.45, 7) is 3.38. The van der Waals surface area contributed by atoms with Crippen LogP contribution in [0.5, 0.6) is 0 Å². The highest BCUT2D eigenvalue weighted by molar-refractivity contribution is 5.11. The van der Waals surface area contributed by atoms with Gasteiger partial charge in [0.15, 0.2) is 0 Å². The summed E-state index contributed by atoms with van der Waals surface area (Å²) in [7, 11) is 0. The van der Waals surface area contributed by atoms with Gasteiger partial charge in [0.1, 0.15) is 17.5 Å². The fraction of sp³-hybridized carbons (Fsp3) is 0.857. The van der Waals surface area contributed by atoms with Gasteiger partial charge in [-0.2, -0.15) is 0 Å². The normalized spacial score (nSPS) is 25.9. The van der Waals surface area contributed by atoms with Crippen LogP contribution in [0.2, 0.25) is 0 Å². The molecule has 0 amide bonds. The van der Waals surface area contributed by atoms with Gasteiger partial charge in [-0.15, -0.1) is 0 Å². The van der Waals surface area contributed by atoms with Gasteiger partial charge >= 0.3 is 0 Å². The van der Waals surface area contributed by atoms with Gasteiger partial charge in [0.05, 0.1) is 6.61 Å². The van der Waals surface area contributed by atoms with Crippen molar-refractivity contribution in [2.75, 3.05) is 13.2 Å². The van der Waals surface area contributed by atoms with Crippen molar-refractivity contribution < 1.29 is 14.6 Å². The standard InChI is InChI=1S/C14H24O3/c1-2-17-14(9-5-3-6-10-14)13(15)12-8-4-7-11-16-12/h8,13,15H,2-7,9-11H2,1H3. The minimum atomic E-state index is -0.581. The number of aliphatic hydroxyl groups is 1. The van der Waals surface area contributed by atoms with Crippen molar-refractivity contribution in [1.29, 1.82) is 0 Å². The molecule has 1 aliphatic heterocycles. The molecule has 0 bridgehead atoms. The summed E-state index contributed by atoms with van der Waals surface area (Å²) in [6.07, 6.45) is 8.94. The Morgan fingerprint density at radius 1 is 1.35 bits per heavy atom. The Balaban J connectivity index is 2.10. The number of rotatable bonds is 4. The molecular formula is C14H24O3. The zero-order chi connectivity index (χ0) is 12.1. The highest BCUT2D eigenvalue weighted by Gasteiger charge is 2.42. The Kier molecular flexibility index (Phi) is 4.46. The lowest BCUT2D eigenvalue weighted by molar-refractivity contribution is -0.140. The van der Waals surface area contributed by atoms with E-state index in [1.54, 1.807) is 0 Å². The van der Waals surface area contributed by atoms with E-state index in [1.165, 1.54) is 6.42 Å². The van der Waals surface area contributed by atoms with Gasteiger partial charge in [0.2, 0.25) is 0 Å². The first-order valence-corrected chi connectivity index (χ1v) is 6.93. The maximum absolute atomic E-state index is 10.6. The first-order valence-electron chi connectivity index (χ1n) is 6.93. The monoisotopic (exact) mass is 240 g/mol. The molecule has 3 nitrogen and oxygen atoms in total. The smallest absolute Gasteiger partial charge is 0.139 e. The predicted octanol–water partition coefficient (Wildman–Crippen LogP) is 2.78. The van der Waals surface area contributed by atoms with Crippen molar-refractivity contribution in [3.63, 3.8) is 0 Å². The Hall–Kier alpha value is -0.540. The maximum Gasteiger partial charge on any atom is 0.139 e. The van der Waals surface area contributed by atoms with Gasteiger partial charge < -0.3 is 14.6 Å². The van der Waals surface area contributed by atoms with Crippen LogP contribution in [0.15, 0.2) is 11.8 Å². The average molecular weight is 240 g/mol. The van der Waals surface area contributed by atoms with Crippen LogP contribution in [0.1, 0.15) is 51.9 Å². The molecule has 1 saturated carbocycles. The lowest BCUT2D eigenvalue weighted by Crippen LogP contribution is -2.48. The lowest BCUT2D eigenvalue weighted by atomic mass is 9.79. The molecule has 1 N–H and O–H groups in total. The largest absolute Gasteiger partial charge is 0.495 e. The van der Waals surface area contributed by atoms with Crippen LogP contribution in [0.25, 0.3) is 0 Å². The maximum atomic E-state index is 10.6. The van der Waals surface area contributed by atoms with Crippen LogP contribution in [0, 0.1) is 0 Å². The lowest BCUT2D eigenvalue weighted by Gasteiger charge is -2.41. The van der Waals surface area contributed by atoms with Crippen LogP contribution in [0.3, 0.4) is 0 Å². The van der Waals surface area contributed by atoms with Crippen molar-refractivity contribution in [2.45, 2.75) is 63.6 Å². The van der Waals surface area contributed by atoms with E-state index in [-0.39, 0.29) is 0 Å². The second kappa shape index (κ2) is 5.87. The Morgan fingerprint density at radius 2 is 2.12 bits per heavy atom. The summed E-state index contributed by atoms with van der Waals surface area (Å²) in [5.74, 6) is 0.742. The molecule has 1 unspecified atom stereocenters. The summed E-state index contributed by atoms with van der Waals surface area (Å²) in [5.41, 5.74) is -0.393. The molecule has 1 atom stereocenters. The fourth-order valence-electron chi connectivity index (χ4n) is 2.96. The summed E-state index contributed by atoms with van der Waals surface area (Å²) in [5, 5.41) is 10.6. The van der Waals surface area contributed by atoms with Crippen LogP contribution in [-0.2, 0) is 9.47 Å². The van der Waals surface area contributed by atoms with Gasteiger partial charge in [-0.3, -0.25) is 0 Å². The second-order valence-electron chi connectivity index (χ2n) is 5.06. The molecule has 0 spiro atoms. The van der Waals surface area contributed by atoms with E-state index >= 15 is 0 Å². The second-order valence-corrected chi connectivity index (χ2v) is 5.06.